The molecule has 0 unspecified atom stereocenters. The third kappa shape index (κ3) is 3.57. The van der Waals surface area contributed by atoms with Crippen LogP contribution in [0.5, 0.6) is 11.9 Å². The molecule has 146 valence electrons. The van der Waals surface area contributed by atoms with Gasteiger partial charge in [-0.2, -0.15) is 19.6 Å². The minimum absolute atomic E-state index is 0.143. The molecule has 29 heavy (non-hydrogen) atoms. The largest absolute Gasteiger partial charge is 0.493 e. The van der Waals surface area contributed by atoms with Crippen LogP contribution in [0.25, 0.3) is 11.7 Å². The average molecular weight is 392 g/mol. The first-order valence-electron chi connectivity index (χ1n) is 9.01. The first-order chi connectivity index (χ1) is 14.2. The van der Waals surface area contributed by atoms with E-state index in [0.29, 0.717) is 16.5 Å². The Labute approximate surface area is 162 Å². The molecule has 0 aromatic carbocycles. The lowest BCUT2D eigenvalue weighted by atomic mass is 10.3. The number of aromatic amines is 2. The maximum absolute atomic E-state index is 11.4. The Morgan fingerprint density at radius 2 is 2.21 bits per heavy atom. The number of ether oxygens (including phenoxy) is 1. The zero-order valence-corrected chi connectivity index (χ0v) is 15.1. The van der Waals surface area contributed by atoms with E-state index in [2.05, 4.69) is 35.0 Å². The van der Waals surface area contributed by atoms with E-state index >= 15 is 0 Å². The fraction of sp³-hybridized carbons (Fsp3) is 0.222. The van der Waals surface area contributed by atoms with Crippen molar-refractivity contribution in [3.8, 4) is 11.9 Å². The van der Waals surface area contributed by atoms with Crippen LogP contribution in [0.1, 0.15) is 24.2 Å². The smallest absolute Gasteiger partial charge is 0.326 e. The maximum atomic E-state index is 11.4. The Bertz CT molecular complexity index is 1350. The van der Waals surface area contributed by atoms with E-state index in [-0.39, 0.29) is 30.2 Å². The second-order valence-corrected chi connectivity index (χ2v) is 6.60. The second kappa shape index (κ2) is 6.86. The van der Waals surface area contributed by atoms with Gasteiger partial charge in [-0.3, -0.25) is 9.97 Å². The molecule has 1 fully saturated rings. The number of nitrogens with zero attached hydrogens (tertiary/aromatic N) is 6. The molecule has 1 aliphatic carbocycles. The predicted molar refractivity (Wildman–Crippen MR) is 99.8 cm³/mol. The molecule has 11 nitrogen and oxygen atoms in total. The number of fused-ring (bicyclic) bond motifs is 1. The molecule has 0 spiro atoms. The summed E-state index contributed by atoms with van der Waals surface area (Å²) in [6, 6.07) is 5.91. The van der Waals surface area contributed by atoms with Crippen LogP contribution in [0.3, 0.4) is 0 Å². The van der Waals surface area contributed by atoms with Crippen molar-refractivity contribution in [1.29, 1.82) is 0 Å². The number of aromatic hydroxyl groups is 1. The molecule has 0 amide bonds. The third-order valence-electron chi connectivity index (χ3n) is 4.31. The summed E-state index contributed by atoms with van der Waals surface area (Å²) >= 11 is 0. The summed E-state index contributed by atoms with van der Waals surface area (Å²) in [5.74, 6) is -0.266. The Balaban J connectivity index is 1.61. The van der Waals surface area contributed by atoms with Gasteiger partial charge in [-0.15, -0.1) is 0 Å². The van der Waals surface area contributed by atoms with Gasteiger partial charge in [-0.05, 0) is 31.1 Å². The van der Waals surface area contributed by atoms with Crippen molar-refractivity contribution >= 4 is 11.7 Å². The Morgan fingerprint density at radius 1 is 1.31 bits per heavy atom. The van der Waals surface area contributed by atoms with Crippen molar-refractivity contribution in [1.82, 2.24) is 34.5 Å². The van der Waals surface area contributed by atoms with Crippen LogP contribution in [-0.4, -0.2) is 45.7 Å². The van der Waals surface area contributed by atoms with Gasteiger partial charge < -0.3 is 14.8 Å². The van der Waals surface area contributed by atoms with Crippen LogP contribution in [-0.2, 0) is 6.61 Å². The van der Waals surface area contributed by atoms with E-state index in [0.717, 1.165) is 18.5 Å². The maximum Gasteiger partial charge on any atom is 0.326 e. The summed E-state index contributed by atoms with van der Waals surface area (Å²) in [5, 5.41) is 14.7. The quantitative estimate of drug-likeness (QED) is 0.412. The number of imidazole rings is 1. The van der Waals surface area contributed by atoms with E-state index in [9.17, 15) is 9.90 Å². The van der Waals surface area contributed by atoms with E-state index < -0.39 is 5.69 Å². The van der Waals surface area contributed by atoms with Crippen LogP contribution in [0.2, 0.25) is 0 Å². The first kappa shape index (κ1) is 17.1. The van der Waals surface area contributed by atoms with Crippen LogP contribution in [0, 0.1) is 0 Å². The van der Waals surface area contributed by atoms with Gasteiger partial charge >= 0.3 is 11.7 Å². The molecule has 4 aromatic heterocycles. The molecular weight excluding hydrogens is 376 g/mol. The highest BCUT2D eigenvalue weighted by molar-refractivity contribution is 5.56. The highest BCUT2D eigenvalue weighted by Crippen LogP contribution is 2.22. The van der Waals surface area contributed by atoms with Gasteiger partial charge in [0.15, 0.2) is 5.65 Å². The molecule has 0 radical (unpaired) electrons. The summed E-state index contributed by atoms with van der Waals surface area (Å²) < 4.78 is 7.25. The Kier molecular flexibility index (Phi) is 4.04. The molecule has 11 heteroatoms. The number of rotatable bonds is 5. The molecule has 0 atom stereocenters. The predicted octanol–water partition coefficient (Wildman–Crippen LogP) is -0.569. The summed E-state index contributed by atoms with van der Waals surface area (Å²) in [7, 11) is 0. The van der Waals surface area contributed by atoms with E-state index in [1.54, 1.807) is 18.5 Å². The van der Waals surface area contributed by atoms with Crippen LogP contribution in [0.15, 0.2) is 40.4 Å². The molecule has 3 N–H and O–H groups in total. The Morgan fingerprint density at radius 3 is 2.93 bits per heavy atom. The summed E-state index contributed by atoms with van der Waals surface area (Å²) in [6.45, 7) is 0.207. The van der Waals surface area contributed by atoms with Crippen molar-refractivity contribution in [3.63, 3.8) is 0 Å². The molecule has 0 saturated heterocycles. The minimum atomic E-state index is -0.511. The lowest BCUT2D eigenvalue weighted by Gasteiger charge is -2.04. The van der Waals surface area contributed by atoms with Crippen molar-refractivity contribution < 1.29 is 9.84 Å². The Hall–Kier alpha value is -4.02. The van der Waals surface area contributed by atoms with Gasteiger partial charge in [0.25, 0.3) is 5.62 Å². The van der Waals surface area contributed by atoms with E-state index in [4.69, 9.17) is 4.74 Å². The fourth-order valence-corrected chi connectivity index (χ4v) is 2.75. The molecular formula is C18H16N8O3. The number of aromatic nitrogens is 7. The minimum Gasteiger partial charge on any atom is -0.493 e. The zero-order chi connectivity index (χ0) is 19.8. The first-order valence-corrected chi connectivity index (χ1v) is 9.01. The zero-order valence-electron chi connectivity index (χ0n) is 15.1. The molecule has 5 rings (SSSR count). The van der Waals surface area contributed by atoms with Gasteiger partial charge in [0, 0.05) is 11.4 Å². The van der Waals surface area contributed by atoms with Gasteiger partial charge in [-0.25, -0.2) is 9.79 Å². The van der Waals surface area contributed by atoms with Gasteiger partial charge in [0.2, 0.25) is 5.88 Å². The van der Waals surface area contributed by atoms with Crippen molar-refractivity contribution in [3.05, 3.63) is 63.3 Å². The summed E-state index contributed by atoms with van der Waals surface area (Å²) in [5.41, 5.74) is 1.28. The summed E-state index contributed by atoms with van der Waals surface area (Å²) in [4.78, 5) is 33.8. The second-order valence-electron chi connectivity index (χ2n) is 6.60. The summed E-state index contributed by atoms with van der Waals surface area (Å²) in [6.07, 6.45) is 6.82. The molecule has 0 bridgehead atoms. The van der Waals surface area contributed by atoms with Crippen LogP contribution >= 0.6 is 0 Å². The van der Waals surface area contributed by atoms with Gasteiger partial charge in [-0.1, -0.05) is 6.07 Å². The van der Waals surface area contributed by atoms with Crippen LogP contribution < -0.4 is 21.3 Å². The van der Waals surface area contributed by atoms with Crippen molar-refractivity contribution in [2.75, 3.05) is 0 Å². The number of hydrogen-bond donors (Lipinski definition) is 3. The topological polar surface area (TPSA) is 146 Å². The lowest BCUT2D eigenvalue weighted by molar-refractivity contribution is 0.274. The number of H-pyrrole nitrogens is 2. The standard InChI is InChI=1S/C18H16N8O3/c27-15-13(22-17(28)24-15)7-10-8-20-26-14(10)23-18(25-16(26)21-11-4-5-11)29-9-12-3-1-2-6-19-12/h1-3,6-8,11,27H,4-5,9H2,(H2,22,24,28)/b10-7+,21-16?. The molecule has 0 aliphatic heterocycles. The molecule has 1 saturated carbocycles. The van der Waals surface area contributed by atoms with Crippen molar-refractivity contribution in [2.45, 2.75) is 25.5 Å². The monoisotopic (exact) mass is 392 g/mol. The van der Waals surface area contributed by atoms with Crippen molar-refractivity contribution in [2.24, 2.45) is 4.99 Å². The number of pyridine rings is 1. The fourth-order valence-electron chi connectivity index (χ4n) is 2.75. The highest BCUT2D eigenvalue weighted by atomic mass is 16.5. The third-order valence-corrected chi connectivity index (χ3v) is 4.31. The van der Waals surface area contributed by atoms with E-state index in [1.165, 1.54) is 4.52 Å². The molecule has 4 aromatic rings. The molecule has 4 heterocycles. The number of nitrogens with one attached hydrogen (secondary N) is 2. The highest BCUT2D eigenvalue weighted by Gasteiger charge is 2.21. The van der Waals surface area contributed by atoms with Crippen LogP contribution in [0.4, 0.5) is 0 Å². The van der Waals surface area contributed by atoms with Gasteiger partial charge in [0.1, 0.15) is 12.3 Å². The normalized spacial score (nSPS) is 15.3. The SMILES string of the molecule is O=c1[nH]c(O)c(/C=c2\cnn3c(=NC4CC4)nc(OCc4ccccn4)nc23)[nH]1. The average Bonchev–Trinajstić information content (AvgIpc) is 3.36. The lowest BCUT2D eigenvalue weighted by Crippen LogP contribution is -2.24. The number of hydrogen-bond acceptors (Lipinski definition) is 8. The van der Waals surface area contributed by atoms with Gasteiger partial charge in [0.05, 0.1) is 17.9 Å². The molecule has 1 aliphatic rings. The van der Waals surface area contributed by atoms with E-state index in [1.807, 2.05) is 18.2 Å².